The topological polar surface area (TPSA) is 51.2 Å². The highest BCUT2D eigenvalue weighted by Crippen LogP contribution is 2.37. The van der Waals surface area contributed by atoms with Gasteiger partial charge < -0.3 is 0 Å². The maximum absolute atomic E-state index is 13.3. The SMILES string of the molecule is Cc1ccc([C@H](CC(=O)CS(=O)(=O)c2ccccc2)C(F)(F)F)cc1. The maximum atomic E-state index is 13.3. The van der Waals surface area contributed by atoms with Gasteiger partial charge in [-0.3, -0.25) is 4.79 Å². The molecule has 3 nitrogen and oxygen atoms in total. The molecule has 0 radical (unpaired) electrons. The second-order valence-corrected chi connectivity index (χ2v) is 7.81. The summed E-state index contributed by atoms with van der Waals surface area (Å²) in [5.74, 6) is -3.94. The van der Waals surface area contributed by atoms with Crippen molar-refractivity contribution in [1.29, 1.82) is 0 Å². The number of ketones is 1. The van der Waals surface area contributed by atoms with Gasteiger partial charge in [0.15, 0.2) is 9.84 Å². The molecule has 2 rings (SSSR count). The summed E-state index contributed by atoms with van der Waals surface area (Å²) >= 11 is 0. The first-order chi connectivity index (χ1) is 11.6. The summed E-state index contributed by atoms with van der Waals surface area (Å²) in [6.07, 6.45) is -5.54. The van der Waals surface area contributed by atoms with Crippen LogP contribution in [0.4, 0.5) is 13.2 Å². The third-order valence-electron chi connectivity index (χ3n) is 3.76. The van der Waals surface area contributed by atoms with Crippen molar-refractivity contribution < 1.29 is 26.4 Å². The van der Waals surface area contributed by atoms with Crippen molar-refractivity contribution in [3.63, 3.8) is 0 Å². The van der Waals surface area contributed by atoms with Gasteiger partial charge in [-0.25, -0.2) is 8.42 Å². The van der Waals surface area contributed by atoms with E-state index in [1.807, 2.05) is 0 Å². The molecule has 2 aromatic carbocycles. The van der Waals surface area contributed by atoms with Crippen LogP contribution < -0.4 is 0 Å². The number of hydrogen-bond donors (Lipinski definition) is 0. The van der Waals surface area contributed by atoms with Crippen LogP contribution in [0, 0.1) is 6.92 Å². The molecule has 7 heteroatoms. The first kappa shape index (κ1) is 19.2. The molecule has 0 spiro atoms. The predicted molar refractivity (Wildman–Crippen MR) is 88.1 cm³/mol. The minimum Gasteiger partial charge on any atom is -0.299 e. The van der Waals surface area contributed by atoms with Crippen LogP contribution in [-0.4, -0.2) is 26.1 Å². The molecule has 0 aliphatic carbocycles. The fraction of sp³-hybridized carbons (Fsp3) is 0.278. The number of carbonyl (C=O) groups excluding carboxylic acids is 1. The standard InChI is InChI=1S/C18H17F3O3S/c1-13-7-9-14(10-8-13)17(18(19,20)21)11-15(22)12-25(23,24)16-5-3-2-4-6-16/h2-10,17H,11-12H2,1H3/t17-/m0/s1. The van der Waals surface area contributed by atoms with Crippen LogP contribution in [0.2, 0.25) is 0 Å². The van der Waals surface area contributed by atoms with Gasteiger partial charge in [0, 0.05) is 6.42 Å². The zero-order chi connectivity index (χ0) is 18.7. The molecule has 0 aliphatic rings. The van der Waals surface area contributed by atoms with E-state index in [1.54, 1.807) is 13.0 Å². The Kier molecular flexibility index (Phi) is 5.67. The first-order valence-corrected chi connectivity index (χ1v) is 9.17. The second kappa shape index (κ2) is 7.39. The average molecular weight is 370 g/mol. The van der Waals surface area contributed by atoms with Gasteiger partial charge in [0.1, 0.15) is 11.5 Å². The van der Waals surface area contributed by atoms with E-state index in [0.717, 1.165) is 5.56 Å². The zero-order valence-corrected chi connectivity index (χ0v) is 14.3. The van der Waals surface area contributed by atoms with E-state index < -0.39 is 39.9 Å². The van der Waals surface area contributed by atoms with Gasteiger partial charge in [0.25, 0.3) is 0 Å². The molecule has 1 atom stereocenters. The van der Waals surface area contributed by atoms with Crippen LogP contribution in [0.5, 0.6) is 0 Å². The van der Waals surface area contributed by atoms with Crippen LogP contribution in [0.1, 0.15) is 23.5 Å². The lowest BCUT2D eigenvalue weighted by molar-refractivity contribution is -0.156. The van der Waals surface area contributed by atoms with E-state index in [1.165, 1.54) is 48.5 Å². The van der Waals surface area contributed by atoms with Gasteiger partial charge in [-0.1, -0.05) is 48.0 Å². The fourth-order valence-corrected chi connectivity index (χ4v) is 3.71. The molecule has 0 saturated heterocycles. The van der Waals surface area contributed by atoms with E-state index in [2.05, 4.69) is 0 Å². The average Bonchev–Trinajstić information content (AvgIpc) is 2.53. The largest absolute Gasteiger partial charge is 0.396 e. The molecular formula is C18H17F3O3S. The molecule has 0 saturated carbocycles. The molecule has 0 fully saturated rings. The molecule has 2 aromatic rings. The van der Waals surface area contributed by atoms with E-state index >= 15 is 0 Å². The van der Waals surface area contributed by atoms with Crippen LogP contribution in [0.25, 0.3) is 0 Å². The van der Waals surface area contributed by atoms with Gasteiger partial charge >= 0.3 is 6.18 Å². The van der Waals surface area contributed by atoms with Crippen molar-refractivity contribution in [2.24, 2.45) is 0 Å². The van der Waals surface area contributed by atoms with Gasteiger partial charge in [-0.2, -0.15) is 13.2 Å². The number of rotatable bonds is 6. The number of alkyl halides is 3. The molecular weight excluding hydrogens is 353 g/mol. The van der Waals surface area contributed by atoms with Crippen molar-refractivity contribution in [2.45, 2.75) is 30.3 Å². The molecule has 0 N–H and O–H groups in total. The van der Waals surface area contributed by atoms with Gasteiger partial charge in [-0.05, 0) is 24.6 Å². The lowest BCUT2D eigenvalue weighted by Gasteiger charge is -2.20. The van der Waals surface area contributed by atoms with Crippen molar-refractivity contribution in [1.82, 2.24) is 0 Å². The highest BCUT2D eigenvalue weighted by molar-refractivity contribution is 7.92. The second-order valence-electron chi connectivity index (χ2n) is 5.82. The Morgan fingerprint density at radius 2 is 1.56 bits per heavy atom. The smallest absolute Gasteiger partial charge is 0.299 e. The molecule has 0 aromatic heterocycles. The van der Waals surface area contributed by atoms with E-state index in [4.69, 9.17) is 0 Å². The summed E-state index contributed by atoms with van der Waals surface area (Å²) in [4.78, 5) is 12.0. The number of Topliss-reactive ketones (excluding diaryl/α,β-unsaturated/α-hetero) is 1. The van der Waals surface area contributed by atoms with E-state index in [9.17, 15) is 26.4 Å². The van der Waals surface area contributed by atoms with Gasteiger partial charge in [0.2, 0.25) is 0 Å². The maximum Gasteiger partial charge on any atom is 0.396 e. The Labute approximate surface area is 144 Å². The Morgan fingerprint density at radius 3 is 2.08 bits per heavy atom. The minimum atomic E-state index is -4.64. The number of halogens is 3. The molecule has 0 aliphatic heterocycles. The molecule has 134 valence electrons. The summed E-state index contributed by atoms with van der Waals surface area (Å²) in [7, 11) is -3.96. The van der Waals surface area contributed by atoms with Crippen molar-refractivity contribution in [3.8, 4) is 0 Å². The molecule has 0 amide bonds. The lowest BCUT2D eigenvalue weighted by atomic mass is 9.93. The number of hydrogen-bond acceptors (Lipinski definition) is 3. The summed E-state index contributed by atoms with van der Waals surface area (Å²) in [6, 6.07) is 12.9. The number of aryl methyl sites for hydroxylation is 1. The Balaban J connectivity index is 2.19. The zero-order valence-electron chi connectivity index (χ0n) is 13.5. The third kappa shape index (κ3) is 5.16. The highest BCUT2D eigenvalue weighted by atomic mass is 32.2. The quantitative estimate of drug-likeness (QED) is 0.770. The molecule has 25 heavy (non-hydrogen) atoms. The lowest BCUT2D eigenvalue weighted by Crippen LogP contribution is -2.26. The number of sulfone groups is 1. The summed E-state index contributed by atoms with van der Waals surface area (Å²) in [6.45, 7) is 1.74. The van der Waals surface area contributed by atoms with Crippen LogP contribution in [0.15, 0.2) is 59.5 Å². The highest BCUT2D eigenvalue weighted by Gasteiger charge is 2.42. The molecule has 0 unspecified atom stereocenters. The fourth-order valence-electron chi connectivity index (χ4n) is 2.43. The number of carbonyl (C=O) groups is 1. The minimum absolute atomic E-state index is 0.0523. The Hall–Kier alpha value is -2.15. The molecule has 0 bridgehead atoms. The normalized spacial score (nSPS) is 13.4. The first-order valence-electron chi connectivity index (χ1n) is 7.52. The Morgan fingerprint density at radius 1 is 1.00 bits per heavy atom. The number of benzene rings is 2. The van der Waals surface area contributed by atoms with Crippen LogP contribution in [0.3, 0.4) is 0 Å². The monoisotopic (exact) mass is 370 g/mol. The van der Waals surface area contributed by atoms with Crippen LogP contribution >= 0.6 is 0 Å². The summed E-state index contributed by atoms with van der Waals surface area (Å²) in [5.41, 5.74) is 0.742. The van der Waals surface area contributed by atoms with E-state index in [-0.39, 0.29) is 10.5 Å². The summed E-state index contributed by atoms with van der Waals surface area (Å²) < 4.78 is 64.3. The van der Waals surface area contributed by atoms with Crippen LogP contribution in [-0.2, 0) is 14.6 Å². The van der Waals surface area contributed by atoms with Gasteiger partial charge in [-0.15, -0.1) is 0 Å². The van der Waals surface area contributed by atoms with Crippen molar-refractivity contribution in [3.05, 3.63) is 65.7 Å². The van der Waals surface area contributed by atoms with Crippen molar-refractivity contribution >= 4 is 15.6 Å². The molecule has 0 heterocycles. The summed E-state index contributed by atoms with van der Waals surface area (Å²) in [5, 5.41) is 0. The van der Waals surface area contributed by atoms with E-state index in [0.29, 0.717) is 0 Å². The van der Waals surface area contributed by atoms with Crippen molar-refractivity contribution in [2.75, 3.05) is 5.75 Å². The third-order valence-corrected chi connectivity index (χ3v) is 5.45. The Bertz CT molecular complexity index is 826. The van der Waals surface area contributed by atoms with Gasteiger partial charge in [0.05, 0.1) is 10.8 Å². The predicted octanol–water partition coefficient (Wildman–Crippen LogP) is 4.07.